The number of hydrogen-bond donors (Lipinski definition) is 0. The number of fused-ring (bicyclic) bond motifs is 1. The van der Waals surface area contributed by atoms with E-state index in [4.69, 9.17) is 0 Å². The monoisotopic (exact) mass is 282 g/mol. The van der Waals surface area contributed by atoms with Gasteiger partial charge in [-0.05, 0) is 44.5 Å². The largest absolute Gasteiger partial charge is 0.135 e. The summed E-state index contributed by atoms with van der Waals surface area (Å²) in [4.78, 5) is 0. The molecule has 6 rings (SSSR count). The van der Waals surface area contributed by atoms with Gasteiger partial charge in [-0.1, -0.05) is 48.5 Å². The predicted octanol–water partition coefficient (Wildman–Crippen LogP) is 6.39. The van der Waals surface area contributed by atoms with Crippen molar-refractivity contribution in [3.8, 4) is 0 Å². The highest BCUT2D eigenvalue weighted by Crippen LogP contribution is 2.47. The van der Waals surface area contributed by atoms with E-state index in [0.29, 0.717) is 0 Å². The zero-order valence-electron chi connectivity index (χ0n) is 11.2. The lowest BCUT2D eigenvalue weighted by molar-refractivity contribution is 1.83. The Labute approximate surface area is 124 Å². The van der Waals surface area contributed by atoms with Gasteiger partial charge in [0.15, 0.2) is 0 Å². The molecule has 0 nitrogen and oxygen atoms in total. The molecule has 1 heteroatoms. The molecule has 5 aromatic carbocycles. The van der Waals surface area contributed by atoms with Crippen molar-refractivity contribution in [2.24, 2.45) is 0 Å². The molecule has 0 fully saturated rings. The minimum atomic E-state index is 1.35. The van der Waals surface area contributed by atoms with E-state index in [1.165, 1.54) is 52.5 Å². The predicted molar refractivity (Wildman–Crippen MR) is 94.2 cm³/mol. The number of hydrogen-bond acceptors (Lipinski definition) is 1. The molecule has 0 saturated carbocycles. The standard InChI is InChI=1S/C20H10S/c1-3-11-7-9-15-19-17(11)13(5-1)14-6-2-4-12-8-10-16(21-15)20(19)18(12)14/h1-10H. The van der Waals surface area contributed by atoms with Crippen molar-refractivity contribution in [1.29, 1.82) is 0 Å². The first-order valence-corrected chi connectivity index (χ1v) is 8.03. The molecule has 0 saturated heterocycles. The summed E-state index contributed by atoms with van der Waals surface area (Å²) < 4.78 is 2.82. The first kappa shape index (κ1) is 10.4. The van der Waals surface area contributed by atoms with Crippen LogP contribution in [0.2, 0.25) is 0 Å². The summed E-state index contributed by atoms with van der Waals surface area (Å²) in [6.07, 6.45) is 0. The third-order valence-corrected chi connectivity index (χ3v) is 5.90. The Morgan fingerprint density at radius 2 is 1.00 bits per heavy atom. The van der Waals surface area contributed by atoms with Crippen LogP contribution in [-0.2, 0) is 0 Å². The maximum atomic E-state index is 2.28. The Morgan fingerprint density at radius 3 is 1.52 bits per heavy atom. The second-order valence-electron chi connectivity index (χ2n) is 5.79. The van der Waals surface area contributed by atoms with Gasteiger partial charge in [0.1, 0.15) is 0 Å². The van der Waals surface area contributed by atoms with Crippen molar-refractivity contribution < 1.29 is 0 Å². The van der Waals surface area contributed by atoms with Crippen LogP contribution in [0.1, 0.15) is 0 Å². The van der Waals surface area contributed by atoms with E-state index in [9.17, 15) is 0 Å². The molecular formula is C20H10S. The fourth-order valence-electron chi connectivity index (χ4n) is 3.95. The fraction of sp³-hybridized carbons (Fsp3) is 0. The number of rotatable bonds is 0. The van der Waals surface area contributed by atoms with Crippen molar-refractivity contribution in [2.45, 2.75) is 0 Å². The van der Waals surface area contributed by atoms with E-state index >= 15 is 0 Å². The summed E-state index contributed by atoms with van der Waals surface area (Å²) in [5, 5.41) is 11.3. The van der Waals surface area contributed by atoms with Gasteiger partial charge in [-0.25, -0.2) is 0 Å². The van der Waals surface area contributed by atoms with Crippen LogP contribution in [0.4, 0.5) is 0 Å². The highest BCUT2D eigenvalue weighted by atomic mass is 32.1. The van der Waals surface area contributed by atoms with E-state index in [1.54, 1.807) is 0 Å². The summed E-state index contributed by atoms with van der Waals surface area (Å²) >= 11 is 1.92. The minimum Gasteiger partial charge on any atom is -0.135 e. The number of benzene rings is 5. The van der Waals surface area contributed by atoms with Gasteiger partial charge in [0.05, 0.1) is 0 Å². The van der Waals surface area contributed by atoms with E-state index in [-0.39, 0.29) is 0 Å². The summed E-state index contributed by atoms with van der Waals surface area (Å²) in [5.74, 6) is 0. The average molecular weight is 282 g/mol. The second kappa shape index (κ2) is 3.26. The number of thiophene rings is 1. The van der Waals surface area contributed by atoms with Gasteiger partial charge in [0.2, 0.25) is 0 Å². The minimum absolute atomic E-state index is 1.35. The van der Waals surface area contributed by atoms with Crippen LogP contribution < -0.4 is 0 Å². The van der Waals surface area contributed by atoms with E-state index in [1.807, 2.05) is 11.3 Å². The van der Waals surface area contributed by atoms with Crippen LogP contribution in [0.5, 0.6) is 0 Å². The lowest BCUT2D eigenvalue weighted by Gasteiger charge is -2.12. The third-order valence-electron chi connectivity index (χ3n) is 4.77. The maximum Gasteiger partial charge on any atom is 0.0362 e. The highest BCUT2D eigenvalue weighted by molar-refractivity contribution is 7.26. The average Bonchev–Trinajstić information content (AvgIpc) is 2.93. The van der Waals surface area contributed by atoms with Crippen LogP contribution in [0.3, 0.4) is 0 Å². The van der Waals surface area contributed by atoms with Crippen LogP contribution in [0.25, 0.3) is 52.5 Å². The quantitative estimate of drug-likeness (QED) is 0.224. The Hall–Kier alpha value is -2.38. The van der Waals surface area contributed by atoms with Gasteiger partial charge in [0, 0.05) is 20.2 Å². The van der Waals surface area contributed by atoms with Gasteiger partial charge in [-0.2, -0.15) is 0 Å². The van der Waals surface area contributed by atoms with E-state index in [2.05, 4.69) is 60.7 Å². The fourth-order valence-corrected chi connectivity index (χ4v) is 5.08. The molecule has 0 atom stereocenters. The molecule has 0 N–H and O–H groups in total. The lowest BCUT2D eigenvalue weighted by atomic mass is 9.90. The molecule has 0 bridgehead atoms. The molecule has 21 heavy (non-hydrogen) atoms. The normalized spacial score (nSPS) is 12.8. The van der Waals surface area contributed by atoms with Crippen molar-refractivity contribution in [3.05, 3.63) is 60.7 Å². The molecule has 96 valence electrons. The summed E-state index contributed by atoms with van der Waals surface area (Å²) in [5.41, 5.74) is 0. The molecule has 6 aromatic rings. The zero-order chi connectivity index (χ0) is 13.6. The summed E-state index contributed by atoms with van der Waals surface area (Å²) in [6, 6.07) is 22.5. The molecule has 0 aliphatic carbocycles. The molecule has 1 heterocycles. The Kier molecular flexibility index (Phi) is 1.61. The topological polar surface area (TPSA) is 0 Å². The van der Waals surface area contributed by atoms with Crippen molar-refractivity contribution in [3.63, 3.8) is 0 Å². The van der Waals surface area contributed by atoms with Crippen LogP contribution in [0, 0.1) is 0 Å². The Balaban J connectivity index is 2.23. The Bertz CT molecular complexity index is 1170. The molecule has 0 aliphatic rings. The first-order chi connectivity index (χ1) is 10.4. The van der Waals surface area contributed by atoms with Crippen LogP contribution in [0.15, 0.2) is 60.7 Å². The van der Waals surface area contributed by atoms with Crippen molar-refractivity contribution >= 4 is 63.8 Å². The molecule has 0 spiro atoms. The van der Waals surface area contributed by atoms with Crippen LogP contribution in [-0.4, -0.2) is 0 Å². The first-order valence-electron chi connectivity index (χ1n) is 7.22. The zero-order valence-corrected chi connectivity index (χ0v) is 12.0. The molecule has 0 unspecified atom stereocenters. The van der Waals surface area contributed by atoms with E-state index < -0.39 is 0 Å². The van der Waals surface area contributed by atoms with Crippen LogP contribution >= 0.6 is 11.3 Å². The van der Waals surface area contributed by atoms with Gasteiger partial charge in [0.25, 0.3) is 0 Å². The second-order valence-corrected chi connectivity index (χ2v) is 6.87. The Morgan fingerprint density at radius 1 is 0.476 bits per heavy atom. The lowest BCUT2D eigenvalue weighted by Crippen LogP contribution is -1.85. The molecule has 1 aromatic heterocycles. The van der Waals surface area contributed by atoms with Gasteiger partial charge in [-0.3, -0.25) is 0 Å². The molecule has 0 amide bonds. The van der Waals surface area contributed by atoms with Gasteiger partial charge < -0.3 is 0 Å². The van der Waals surface area contributed by atoms with E-state index in [0.717, 1.165) is 0 Å². The molecule has 0 aliphatic heterocycles. The SMILES string of the molecule is c1cc2ccc3sc4ccc5cccc6c(c1)c2c3c4c56. The molecule has 0 radical (unpaired) electrons. The summed E-state index contributed by atoms with van der Waals surface area (Å²) in [6.45, 7) is 0. The highest BCUT2D eigenvalue weighted by Gasteiger charge is 2.17. The summed E-state index contributed by atoms with van der Waals surface area (Å²) in [7, 11) is 0. The van der Waals surface area contributed by atoms with Crippen molar-refractivity contribution in [2.75, 3.05) is 0 Å². The maximum absolute atomic E-state index is 2.28. The van der Waals surface area contributed by atoms with Crippen molar-refractivity contribution in [1.82, 2.24) is 0 Å². The van der Waals surface area contributed by atoms with Gasteiger partial charge in [-0.15, -0.1) is 11.3 Å². The third kappa shape index (κ3) is 1.06. The smallest absolute Gasteiger partial charge is 0.0362 e. The van der Waals surface area contributed by atoms with Gasteiger partial charge >= 0.3 is 0 Å². The molecular weight excluding hydrogens is 272 g/mol.